The van der Waals surface area contributed by atoms with Gasteiger partial charge < -0.3 is 14.3 Å². The first-order chi connectivity index (χ1) is 19.0. The maximum atomic E-state index is 11.7. The van der Waals surface area contributed by atoms with Crippen LogP contribution in [0.15, 0.2) is 104 Å². The highest BCUT2D eigenvalue weighted by Crippen LogP contribution is 2.37. The Morgan fingerprint density at radius 3 is 1.80 bits per heavy atom. The Bertz CT molecular complexity index is 1200. The fourth-order valence-electron chi connectivity index (χ4n) is 5.04. The summed E-state index contributed by atoms with van der Waals surface area (Å²) in [6, 6.07) is 31.2. The van der Waals surface area contributed by atoms with Crippen LogP contribution >= 0.6 is 0 Å². The molecule has 3 aromatic carbocycles. The van der Waals surface area contributed by atoms with Crippen molar-refractivity contribution in [2.75, 3.05) is 6.61 Å². The summed E-state index contributed by atoms with van der Waals surface area (Å²) in [4.78, 5) is 0. The third kappa shape index (κ3) is 8.39. The van der Waals surface area contributed by atoms with E-state index in [-0.39, 0.29) is 11.0 Å². The highest BCUT2D eigenvalue weighted by Gasteiger charge is 2.50. The van der Waals surface area contributed by atoms with Gasteiger partial charge in [0.1, 0.15) is 8.07 Å². The van der Waals surface area contributed by atoms with Crippen LogP contribution in [0.5, 0.6) is 0 Å². The number of aliphatic hydroxyl groups is 1. The third-order valence-corrected chi connectivity index (χ3v) is 13.0. The Labute approximate surface area is 244 Å². The fourth-order valence-corrected chi connectivity index (χ4v) is 10.3. The van der Waals surface area contributed by atoms with Gasteiger partial charge in [-0.1, -0.05) is 137 Å². The minimum absolute atomic E-state index is 0.154. The van der Waals surface area contributed by atoms with E-state index in [1.165, 1.54) is 10.4 Å². The molecule has 212 valence electrons. The first-order valence-corrected chi connectivity index (χ1v) is 19.6. The molecule has 40 heavy (non-hydrogen) atoms. The molecule has 0 saturated heterocycles. The van der Waals surface area contributed by atoms with Gasteiger partial charge in [0.2, 0.25) is 0 Å². The third-order valence-electron chi connectivity index (χ3n) is 7.10. The van der Waals surface area contributed by atoms with Gasteiger partial charge in [-0.05, 0) is 21.0 Å². The van der Waals surface area contributed by atoms with Crippen molar-refractivity contribution in [3.63, 3.8) is 0 Å². The number of aliphatic hydroxyl groups excluding tert-OH is 1. The maximum absolute atomic E-state index is 11.7. The van der Waals surface area contributed by atoms with Crippen molar-refractivity contribution in [1.82, 2.24) is 0 Å². The second kappa shape index (κ2) is 14.3. The van der Waals surface area contributed by atoms with Crippen molar-refractivity contribution in [3.8, 4) is 11.5 Å². The van der Waals surface area contributed by atoms with Gasteiger partial charge in [0, 0.05) is 18.9 Å². The second-order valence-corrected chi connectivity index (χ2v) is 21.5. The molecule has 0 amide bonds. The summed E-state index contributed by atoms with van der Waals surface area (Å²) < 4.78 is 13.5. The average Bonchev–Trinajstić information content (AvgIpc) is 2.93. The molecule has 5 heteroatoms. The molecule has 0 aromatic heterocycles. The molecule has 0 spiro atoms. The number of hydrogen-bond donors (Lipinski definition) is 1. The van der Waals surface area contributed by atoms with E-state index in [0.29, 0.717) is 19.6 Å². The number of benzene rings is 3. The van der Waals surface area contributed by atoms with E-state index in [9.17, 15) is 5.11 Å². The van der Waals surface area contributed by atoms with E-state index in [2.05, 4.69) is 107 Å². The van der Waals surface area contributed by atoms with Crippen LogP contribution in [0, 0.1) is 17.4 Å². The fraction of sp³-hybridized carbons (Fsp3) is 0.371. The van der Waals surface area contributed by atoms with Crippen molar-refractivity contribution in [3.05, 3.63) is 109 Å². The van der Waals surface area contributed by atoms with Crippen LogP contribution in [-0.4, -0.2) is 40.3 Å². The van der Waals surface area contributed by atoms with Crippen molar-refractivity contribution in [1.29, 1.82) is 0 Å². The molecule has 0 saturated carbocycles. The zero-order valence-electron chi connectivity index (χ0n) is 25.1. The van der Waals surface area contributed by atoms with Gasteiger partial charge in [0.05, 0.1) is 18.8 Å². The SMILES string of the molecule is C=C[C@H](CO[Si](c1ccccc1)(c1ccccc1)C(C)(C)C)[C@@H](O)[C@@H](CC#C[Si](C)(C)C)OCc1ccccc1. The van der Waals surface area contributed by atoms with E-state index in [1.807, 2.05) is 48.5 Å². The molecule has 0 unspecified atom stereocenters. The van der Waals surface area contributed by atoms with Crippen LogP contribution < -0.4 is 10.4 Å². The van der Waals surface area contributed by atoms with Crippen LogP contribution in [0.4, 0.5) is 0 Å². The number of rotatable bonds is 12. The van der Waals surface area contributed by atoms with Crippen LogP contribution in [0.25, 0.3) is 0 Å². The molecule has 1 N–H and O–H groups in total. The van der Waals surface area contributed by atoms with Crippen LogP contribution in [0.2, 0.25) is 24.7 Å². The standard InChI is InChI=1S/C35H46O3Si2/c1-8-30(34(36)33(25-18-26-39(5,6)7)37-27-29-19-12-9-13-20-29)28-38-40(35(2,3)4,31-21-14-10-15-22-31)32-23-16-11-17-24-32/h8-17,19-24,30,33-34,36H,1,25,27-28H2,2-7H3/t30-,33-,34-/m1/s1. The molecule has 0 aliphatic heterocycles. The van der Waals surface area contributed by atoms with Gasteiger partial charge in [0.15, 0.2) is 0 Å². The van der Waals surface area contributed by atoms with Gasteiger partial charge in [-0.3, -0.25) is 0 Å². The Hall–Kier alpha value is -2.73. The topological polar surface area (TPSA) is 38.7 Å². The summed E-state index contributed by atoms with van der Waals surface area (Å²) in [5.41, 5.74) is 4.50. The van der Waals surface area contributed by atoms with E-state index >= 15 is 0 Å². The molecule has 0 aliphatic carbocycles. The predicted octanol–water partition coefficient (Wildman–Crippen LogP) is 6.58. The van der Waals surface area contributed by atoms with Gasteiger partial charge in [-0.2, -0.15) is 0 Å². The Balaban J connectivity index is 1.92. The van der Waals surface area contributed by atoms with Crippen molar-refractivity contribution < 1.29 is 14.3 Å². The monoisotopic (exact) mass is 570 g/mol. The quantitative estimate of drug-likeness (QED) is 0.152. The minimum Gasteiger partial charge on any atom is -0.407 e. The predicted molar refractivity (Wildman–Crippen MR) is 174 cm³/mol. The summed E-state index contributed by atoms with van der Waals surface area (Å²) in [6.07, 6.45) is 1.000. The number of ether oxygens (including phenoxy) is 1. The van der Waals surface area contributed by atoms with E-state index < -0.39 is 28.6 Å². The van der Waals surface area contributed by atoms with E-state index in [0.717, 1.165) is 5.56 Å². The molecule has 3 nitrogen and oxygen atoms in total. The molecule has 0 aliphatic rings. The lowest BCUT2D eigenvalue weighted by Gasteiger charge is -2.44. The largest absolute Gasteiger partial charge is 0.407 e. The first kappa shape index (κ1) is 31.8. The zero-order valence-corrected chi connectivity index (χ0v) is 27.1. The van der Waals surface area contributed by atoms with Gasteiger partial charge >= 0.3 is 0 Å². The molecule has 3 rings (SSSR count). The van der Waals surface area contributed by atoms with Gasteiger partial charge in [-0.15, -0.1) is 18.0 Å². The smallest absolute Gasteiger partial charge is 0.261 e. The summed E-state index contributed by atoms with van der Waals surface area (Å²) in [5, 5.41) is 14.0. The minimum atomic E-state index is -2.75. The van der Waals surface area contributed by atoms with E-state index in [4.69, 9.17) is 9.16 Å². The molecule has 3 atom stereocenters. The molecule has 0 bridgehead atoms. The maximum Gasteiger partial charge on any atom is 0.261 e. The molecule has 0 radical (unpaired) electrons. The van der Waals surface area contributed by atoms with Gasteiger partial charge in [-0.25, -0.2) is 0 Å². The summed E-state index contributed by atoms with van der Waals surface area (Å²) >= 11 is 0. The Morgan fingerprint density at radius 2 is 1.35 bits per heavy atom. The second-order valence-electron chi connectivity index (χ2n) is 12.5. The van der Waals surface area contributed by atoms with Crippen molar-refractivity contribution >= 4 is 26.8 Å². The number of hydrogen-bond acceptors (Lipinski definition) is 3. The summed E-state index contributed by atoms with van der Waals surface area (Å²) in [6.45, 7) is 18.3. The molecule has 0 fully saturated rings. The van der Waals surface area contributed by atoms with Crippen LogP contribution in [0.3, 0.4) is 0 Å². The molecule has 3 aromatic rings. The lowest BCUT2D eigenvalue weighted by molar-refractivity contribution is -0.0647. The van der Waals surface area contributed by atoms with Gasteiger partial charge in [0.25, 0.3) is 8.32 Å². The molecule has 0 heterocycles. The van der Waals surface area contributed by atoms with Crippen LogP contribution in [-0.2, 0) is 15.8 Å². The van der Waals surface area contributed by atoms with Crippen molar-refractivity contribution in [2.45, 2.75) is 70.7 Å². The van der Waals surface area contributed by atoms with Crippen molar-refractivity contribution in [2.24, 2.45) is 5.92 Å². The average molecular weight is 571 g/mol. The highest BCUT2D eigenvalue weighted by molar-refractivity contribution is 6.99. The summed E-state index contributed by atoms with van der Waals surface area (Å²) in [7, 11) is -4.31. The molecular formula is C35H46O3Si2. The first-order valence-electron chi connectivity index (χ1n) is 14.2. The zero-order chi connectivity index (χ0) is 29.2. The Kier molecular flexibility index (Phi) is 11.3. The Morgan fingerprint density at radius 1 is 0.850 bits per heavy atom. The lowest BCUT2D eigenvalue weighted by Crippen LogP contribution is -2.67. The van der Waals surface area contributed by atoms with Crippen LogP contribution in [0.1, 0.15) is 32.8 Å². The molecular weight excluding hydrogens is 525 g/mol. The highest BCUT2D eigenvalue weighted by atomic mass is 28.4. The normalized spacial score (nSPS) is 14.5. The van der Waals surface area contributed by atoms with E-state index in [1.54, 1.807) is 0 Å². The summed E-state index contributed by atoms with van der Waals surface area (Å²) in [5.74, 6) is 3.01. The lowest BCUT2D eigenvalue weighted by atomic mass is 9.97.